The summed E-state index contributed by atoms with van der Waals surface area (Å²) in [7, 11) is 0. The third-order valence-electron chi connectivity index (χ3n) is 4.15. The van der Waals surface area contributed by atoms with E-state index in [-0.39, 0.29) is 0 Å². The molecule has 1 amide bonds. The summed E-state index contributed by atoms with van der Waals surface area (Å²) in [6, 6.07) is 6.32. The number of hydrogen-bond acceptors (Lipinski definition) is 3. The molecule has 0 aromatic heterocycles. The van der Waals surface area contributed by atoms with E-state index >= 15 is 0 Å². The Bertz CT molecular complexity index is 474. The van der Waals surface area contributed by atoms with Gasteiger partial charge in [0.25, 0.3) is 5.91 Å². The Kier molecular flexibility index (Phi) is 5.15. The Morgan fingerprint density at radius 1 is 1.30 bits per heavy atom. The summed E-state index contributed by atoms with van der Waals surface area (Å²) in [5, 5.41) is 8.67. The van der Waals surface area contributed by atoms with Crippen LogP contribution in [0.5, 0.6) is 0 Å². The lowest BCUT2D eigenvalue weighted by molar-refractivity contribution is 0.0706. The Hall–Kier alpha value is -1.39. The zero-order chi connectivity index (χ0) is 14.5. The second kappa shape index (κ2) is 6.86. The minimum atomic E-state index is -0.427. The van der Waals surface area contributed by atoms with E-state index in [9.17, 15) is 4.79 Å². The Morgan fingerprint density at radius 2 is 2.10 bits per heavy atom. The van der Waals surface area contributed by atoms with Crippen LogP contribution >= 0.6 is 0 Å². The van der Waals surface area contributed by atoms with Crippen molar-refractivity contribution in [1.82, 2.24) is 10.4 Å². The van der Waals surface area contributed by atoms with E-state index in [1.165, 1.54) is 36.9 Å². The van der Waals surface area contributed by atoms with Gasteiger partial charge in [0.2, 0.25) is 0 Å². The molecular formula is C16H24N2O2. The molecule has 1 atom stereocenters. The van der Waals surface area contributed by atoms with Gasteiger partial charge in [-0.3, -0.25) is 14.9 Å². The topological polar surface area (TPSA) is 52.6 Å². The predicted molar refractivity (Wildman–Crippen MR) is 78.9 cm³/mol. The summed E-state index contributed by atoms with van der Waals surface area (Å²) in [4.78, 5) is 14.0. The third kappa shape index (κ3) is 2.86. The fourth-order valence-corrected chi connectivity index (χ4v) is 3.23. The highest BCUT2D eigenvalue weighted by Crippen LogP contribution is 2.36. The van der Waals surface area contributed by atoms with Crippen LogP contribution in [0.2, 0.25) is 0 Å². The molecule has 3 rings (SSSR count). The van der Waals surface area contributed by atoms with Crippen molar-refractivity contribution >= 4 is 5.91 Å². The lowest BCUT2D eigenvalue weighted by Gasteiger charge is -2.40. The molecule has 20 heavy (non-hydrogen) atoms. The maximum Gasteiger partial charge on any atom is 0.274 e. The van der Waals surface area contributed by atoms with Crippen molar-refractivity contribution in [3.8, 4) is 0 Å². The largest absolute Gasteiger partial charge is 0.296 e. The number of fused-ring (bicyclic) bond motifs is 3. The number of carbonyl (C=O) groups excluding carboxylic acids is 1. The summed E-state index contributed by atoms with van der Waals surface area (Å²) in [6.07, 6.45) is 4.81. The van der Waals surface area contributed by atoms with Crippen molar-refractivity contribution in [2.75, 3.05) is 13.1 Å². The SMILES string of the molecule is CC.O=C(NO)c1ccc2c(c1)CCN1CCCC[C@H]21. The molecular weight excluding hydrogens is 252 g/mol. The van der Waals surface area contributed by atoms with Gasteiger partial charge in [0.15, 0.2) is 0 Å². The number of hydrogen-bond donors (Lipinski definition) is 2. The summed E-state index contributed by atoms with van der Waals surface area (Å²) in [5.41, 5.74) is 4.87. The molecule has 0 unspecified atom stereocenters. The summed E-state index contributed by atoms with van der Waals surface area (Å²) >= 11 is 0. The van der Waals surface area contributed by atoms with Crippen LogP contribution in [-0.4, -0.2) is 29.1 Å². The lowest BCUT2D eigenvalue weighted by Crippen LogP contribution is -2.38. The average molecular weight is 276 g/mol. The van der Waals surface area contributed by atoms with Crippen LogP contribution in [0.15, 0.2) is 18.2 Å². The third-order valence-corrected chi connectivity index (χ3v) is 4.15. The van der Waals surface area contributed by atoms with Gasteiger partial charge < -0.3 is 0 Å². The van der Waals surface area contributed by atoms with Gasteiger partial charge in [-0.25, -0.2) is 5.48 Å². The number of amides is 1. The molecule has 0 bridgehead atoms. The van der Waals surface area contributed by atoms with Crippen molar-refractivity contribution in [3.05, 3.63) is 34.9 Å². The van der Waals surface area contributed by atoms with Crippen LogP contribution < -0.4 is 5.48 Å². The van der Waals surface area contributed by atoms with E-state index in [0.717, 1.165) is 13.0 Å². The van der Waals surface area contributed by atoms with Gasteiger partial charge in [0.05, 0.1) is 0 Å². The summed E-state index contributed by atoms with van der Waals surface area (Å²) < 4.78 is 0. The van der Waals surface area contributed by atoms with Crippen molar-refractivity contribution in [2.45, 2.75) is 45.6 Å². The first kappa shape index (κ1) is 15.0. The molecule has 2 N–H and O–H groups in total. The number of piperidine rings is 1. The fourth-order valence-electron chi connectivity index (χ4n) is 3.23. The monoisotopic (exact) mass is 276 g/mol. The Morgan fingerprint density at radius 3 is 2.85 bits per heavy atom. The standard InChI is InChI=1S/C14H18N2O2.C2H6/c17-14(15-18)11-4-5-12-10(9-11)6-8-16-7-2-1-3-13(12)16;1-2/h4-5,9,13,18H,1-3,6-8H2,(H,15,17);1-2H3/t13-;/m1./s1. The summed E-state index contributed by atoms with van der Waals surface area (Å²) in [6.45, 7) is 6.28. The molecule has 0 aliphatic carbocycles. The van der Waals surface area contributed by atoms with Crippen molar-refractivity contribution in [2.24, 2.45) is 0 Å². The molecule has 4 nitrogen and oxygen atoms in total. The van der Waals surface area contributed by atoms with E-state index in [4.69, 9.17) is 5.21 Å². The molecule has 0 saturated carbocycles. The molecule has 1 aromatic carbocycles. The maximum atomic E-state index is 11.4. The van der Waals surface area contributed by atoms with Crippen molar-refractivity contribution in [3.63, 3.8) is 0 Å². The fraction of sp³-hybridized carbons (Fsp3) is 0.562. The molecule has 2 aliphatic heterocycles. The predicted octanol–water partition coefficient (Wildman–Crippen LogP) is 2.91. The maximum absolute atomic E-state index is 11.4. The minimum Gasteiger partial charge on any atom is -0.296 e. The molecule has 0 spiro atoms. The first-order chi connectivity index (χ1) is 9.79. The van der Waals surface area contributed by atoms with Crippen molar-refractivity contribution in [1.29, 1.82) is 0 Å². The number of benzene rings is 1. The van der Waals surface area contributed by atoms with E-state index in [1.54, 1.807) is 5.48 Å². The molecule has 4 heteroatoms. The highest BCUT2D eigenvalue weighted by atomic mass is 16.5. The second-order valence-electron chi connectivity index (χ2n) is 5.15. The zero-order valence-corrected chi connectivity index (χ0v) is 12.4. The van der Waals surface area contributed by atoms with Gasteiger partial charge in [-0.05, 0) is 49.1 Å². The van der Waals surface area contributed by atoms with E-state index < -0.39 is 5.91 Å². The Labute approximate surface area is 120 Å². The van der Waals surface area contributed by atoms with Crippen LogP contribution in [0.4, 0.5) is 0 Å². The van der Waals surface area contributed by atoms with Gasteiger partial charge in [0, 0.05) is 18.2 Å². The highest BCUT2D eigenvalue weighted by molar-refractivity contribution is 5.93. The number of nitrogens with one attached hydrogen (secondary N) is 1. The second-order valence-corrected chi connectivity index (χ2v) is 5.15. The van der Waals surface area contributed by atoms with Gasteiger partial charge in [0.1, 0.15) is 0 Å². The number of nitrogens with zero attached hydrogens (tertiary/aromatic N) is 1. The van der Waals surface area contributed by atoms with Gasteiger partial charge in [-0.2, -0.15) is 0 Å². The first-order valence-electron chi connectivity index (χ1n) is 7.61. The zero-order valence-electron chi connectivity index (χ0n) is 12.4. The smallest absolute Gasteiger partial charge is 0.274 e. The molecule has 1 aromatic rings. The van der Waals surface area contributed by atoms with Crippen molar-refractivity contribution < 1.29 is 10.0 Å². The van der Waals surface area contributed by atoms with E-state index in [2.05, 4.69) is 11.0 Å². The molecule has 1 saturated heterocycles. The molecule has 2 aliphatic rings. The quantitative estimate of drug-likeness (QED) is 0.612. The molecule has 1 fully saturated rings. The Balaban J connectivity index is 0.000000704. The molecule has 110 valence electrons. The first-order valence-corrected chi connectivity index (χ1v) is 7.61. The van der Waals surface area contributed by atoms with E-state index in [1.807, 2.05) is 26.0 Å². The average Bonchev–Trinajstić information content (AvgIpc) is 2.55. The summed E-state index contributed by atoms with van der Waals surface area (Å²) in [5.74, 6) is -0.427. The molecule has 0 radical (unpaired) electrons. The normalized spacial score (nSPS) is 21.1. The van der Waals surface area contributed by atoms with Gasteiger partial charge in [-0.1, -0.05) is 26.3 Å². The van der Waals surface area contributed by atoms with Crippen LogP contribution in [0.1, 0.15) is 60.6 Å². The van der Waals surface area contributed by atoms with E-state index in [0.29, 0.717) is 11.6 Å². The van der Waals surface area contributed by atoms with Crippen LogP contribution in [-0.2, 0) is 6.42 Å². The van der Waals surface area contributed by atoms with Gasteiger partial charge >= 0.3 is 0 Å². The number of carbonyl (C=O) groups is 1. The van der Waals surface area contributed by atoms with Crippen LogP contribution in [0.3, 0.4) is 0 Å². The van der Waals surface area contributed by atoms with Gasteiger partial charge in [-0.15, -0.1) is 0 Å². The number of hydroxylamine groups is 1. The highest BCUT2D eigenvalue weighted by Gasteiger charge is 2.29. The van der Waals surface area contributed by atoms with Crippen LogP contribution in [0.25, 0.3) is 0 Å². The number of rotatable bonds is 1. The lowest BCUT2D eigenvalue weighted by atomic mass is 9.86. The van der Waals surface area contributed by atoms with Crippen LogP contribution in [0, 0.1) is 0 Å². The molecule has 2 heterocycles. The minimum absolute atomic E-state index is 0.427.